The Labute approximate surface area is 164 Å². The third kappa shape index (κ3) is 2.81. The van der Waals surface area contributed by atoms with E-state index in [0.717, 1.165) is 40.0 Å². The van der Waals surface area contributed by atoms with Crippen molar-refractivity contribution in [3.05, 3.63) is 39.0 Å². The number of carbonyl (C=O) groups is 1. The highest BCUT2D eigenvalue weighted by molar-refractivity contribution is 7.16. The maximum absolute atomic E-state index is 12.0. The lowest BCUT2D eigenvalue weighted by atomic mass is 9.95. The number of carbonyl (C=O) groups excluding carboxylic acids is 1. The van der Waals surface area contributed by atoms with Crippen LogP contribution in [0.2, 0.25) is 10.0 Å². The average molecular weight is 411 g/mol. The molecule has 0 atom stereocenters. The Bertz CT molecular complexity index is 939. The van der Waals surface area contributed by atoms with Crippen LogP contribution in [0.3, 0.4) is 0 Å². The molecule has 0 radical (unpaired) electrons. The van der Waals surface area contributed by atoms with E-state index in [1.54, 1.807) is 18.2 Å². The zero-order valence-electron chi connectivity index (χ0n) is 14.0. The minimum atomic E-state index is -0.476. The number of thiazole rings is 1. The molecule has 2 aromatic rings. The minimum Gasteiger partial charge on any atom is -0.473 e. The van der Waals surface area contributed by atoms with E-state index in [1.165, 1.54) is 16.9 Å². The predicted octanol–water partition coefficient (Wildman–Crippen LogP) is 3.66. The Kier molecular flexibility index (Phi) is 4.69. The smallest absolute Gasteiger partial charge is 0.273 e. The summed E-state index contributed by atoms with van der Waals surface area (Å²) in [6, 6.07) is 1.86. The summed E-state index contributed by atoms with van der Waals surface area (Å²) in [6.45, 7) is 0.611. The average Bonchev–Trinajstić information content (AvgIpc) is 3.28. The summed E-state index contributed by atoms with van der Waals surface area (Å²) < 4.78 is 5.22. The molecule has 2 aliphatic rings. The summed E-state index contributed by atoms with van der Waals surface area (Å²) in [5, 5.41) is 10.9. The summed E-state index contributed by atoms with van der Waals surface area (Å²) in [4.78, 5) is 18.9. The quantitative estimate of drug-likeness (QED) is 0.838. The number of ether oxygens (including phenoxy) is 1. The van der Waals surface area contributed by atoms with Gasteiger partial charge in [0.05, 0.1) is 22.0 Å². The van der Waals surface area contributed by atoms with Gasteiger partial charge in [0, 0.05) is 24.8 Å². The van der Waals surface area contributed by atoms with Gasteiger partial charge in [-0.3, -0.25) is 4.79 Å². The highest BCUT2D eigenvalue weighted by atomic mass is 35.5. The van der Waals surface area contributed by atoms with Gasteiger partial charge in [-0.15, -0.1) is 0 Å². The van der Waals surface area contributed by atoms with Gasteiger partial charge in [-0.1, -0.05) is 40.1 Å². The fourth-order valence-corrected chi connectivity index (χ4v) is 4.83. The molecule has 26 heavy (non-hydrogen) atoms. The number of benzene rings is 1. The predicted molar refractivity (Wildman–Crippen MR) is 103 cm³/mol. The number of nitrogens with zero attached hydrogens (tertiary/aromatic N) is 2. The van der Waals surface area contributed by atoms with Crippen molar-refractivity contribution in [2.75, 3.05) is 26.8 Å². The molecule has 0 bridgehead atoms. The minimum absolute atomic E-state index is 0.258. The van der Waals surface area contributed by atoms with Gasteiger partial charge >= 0.3 is 0 Å². The maximum Gasteiger partial charge on any atom is 0.273 e. The number of aliphatic hydroxyl groups is 1. The number of aromatic nitrogens is 1. The standard InChI is InChI=1S/C18H16Cl2N2O3S/c1-25-18-21-6-14(26-18)10-5-13(19)17(20)11-4-9-2-3-22(15(24)8-23)7-12(9)16(10)11/h5-6,23H,2-4,7-8H2,1H3. The molecule has 8 heteroatoms. The maximum atomic E-state index is 12.0. The van der Waals surface area contributed by atoms with E-state index in [4.69, 9.17) is 27.9 Å². The fourth-order valence-electron chi connectivity index (χ4n) is 3.64. The second-order valence-electron chi connectivity index (χ2n) is 6.25. The van der Waals surface area contributed by atoms with Crippen molar-refractivity contribution in [3.63, 3.8) is 0 Å². The summed E-state index contributed by atoms with van der Waals surface area (Å²) in [5.74, 6) is -0.258. The molecule has 0 saturated carbocycles. The lowest BCUT2D eigenvalue weighted by Gasteiger charge is -2.28. The molecule has 0 saturated heterocycles. The van der Waals surface area contributed by atoms with Gasteiger partial charge in [-0.05, 0) is 35.6 Å². The van der Waals surface area contributed by atoms with Crippen LogP contribution in [-0.4, -0.2) is 47.7 Å². The topological polar surface area (TPSA) is 62.7 Å². The number of halogens is 2. The first-order chi connectivity index (χ1) is 12.5. The highest BCUT2D eigenvalue weighted by Crippen LogP contribution is 2.49. The largest absolute Gasteiger partial charge is 0.473 e. The number of fused-ring (bicyclic) bond motifs is 2. The molecule has 0 fully saturated rings. The Morgan fingerprint density at radius 2 is 2.27 bits per heavy atom. The van der Waals surface area contributed by atoms with E-state index >= 15 is 0 Å². The Morgan fingerprint density at radius 3 is 2.96 bits per heavy atom. The van der Waals surface area contributed by atoms with Crippen LogP contribution in [0.15, 0.2) is 17.8 Å². The van der Waals surface area contributed by atoms with Crippen LogP contribution in [-0.2, 0) is 11.2 Å². The van der Waals surface area contributed by atoms with Crippen molar-refractivity contribution in [1.82, 2.24) is 9.88 Å². The number of rotatable bonds is 3. The van der Waals surface area contributed by atoms with Crippen LogP contribution in [0.5, 0.6) is 5.19 Å². The van der Waals surface area contributed by atoms with Crippen LogP contribution < -0.4 is 4.74 Å². The Balaban J connectivity index is 1.84. The SMILES string of the molecule is COc1ncc(-c2cc(Cl)c(Cl)c3c2C2=C(CCN(C(=O)CO)C2)C3)s1. The van der Waals surface area contributed by atoms with E-state index in [2.05, 4.69) is 4.98 Å². The first-order valence-corrected chi connectivity index (χ1v) is 9.71. The van der Waals surface area contributed by atoms with Gasteiger partial charge in [0.15, 0.2) is 0 Å². The monoisotopic (exact) mass is 410 g/mol. The molecule has 1 aromatic heterocycles. The van der Waals surface area contributed by atoms with Crippen LogP contribution in [0, 0.1) is 0 Å². The second kappa shape index (κ2) is 6.85. The zero-order valence-corrected chi connectivity index (χ0v) is 16.3. The molecular weight excluding hydrogens is 395 g/mol. The van der Waals surface area contributed by atoms with Crippen molar-refractivity contribution in [1.29, 1.82) is 0 Å². The first kappa shape index (κ1) is 17.8. The van der Waals surface area contributed by atoms with Crippen molar-refractivity contribution < 1.29 is 14.6 Å². The molecular formula is C18H16Cl2N2O3S. The summed E-state index contributed by atoms with van der Waals surface area (Å²) >= 11 is 14.3. The molecule has 2 heterocycles. The lowest BCUT2D eigenvalue weighted by Crippen LogP contribution is -2.37. The third-order valence-electron chi connectivity index (χ3n) is 4.88. The molecule has 5 nitrogen and oxygen atoms in total. The van der Waals surface area contributed by atoms with E-state index in [1.807, 2.05) is 6.07 Å². The van der Waals surface area contributed by atoms with E-state index in [9.17, 15) is 9.90 Å². The van der Waals surface area contributed by atoms with Gasteiger partial charge < -0.3 is 14.7 Å². The fraction of sp³-hybridized carbons (Fsp3) is 0.333. The normalized spacial score (nSPS) is 15.9. The van der Waals surface area contributed by atoms with Crippen LogP contribution >= 0.6 is 34.5 Å². The van der Waals surface area contributed by atoms with Crippen molar-refractivity contribution in [2.24, 2.45) is 0 Å². The van der Waals surface area contributed by atoms with Crippen molar-refractivity contribution >= 4 is 46.0 Å². The highest BCUT2D eigenvalue weighted by Gasteiger charge is 2.33. The molecule has 0 unspecified atom stereocenters. The van der Waals surface area contributed by atoms with Gasteiger partial charge in [0.25, 0.3) is 5.19 Å². The van der Waals surface area contributed by atoms with E-state index in [-0.39, 0.29) is 5.91 Å². The Hall–Kier alpha value is -1.60. The van der Waals surface area contributed by atoms with Crippen LogP contribution in [0.4, 0.5) is 0 Å². The third-order valence-corrected chi connectivity index (χ3v) is 6.70. The van der Waals surface area contributed by atoms with Gasteiger partial charge in [-0.2, -0.15) is 0 Å². The number of hydrogen-bond donors (Lipinski definition) is 1. The van der Waals surface area contributed by atoms with Gasteiger partial charge in [0.1, 0.15) is 6.61 Å². The molecule has 136 valence electrons. The summed E-state index contributed by atoms with van der Waals surface area (Å²) in [6.07, 6.45) is 3.28. The molecule has 1 aliphatic heterocycles. The lowest BCUT2D eigenvalue weighted by molar-refractivity contribution is -0.133. The van der Waals surface area contributed by atoms with Gasteiger partial charge in [0.2, 0.25) is 5.91 Å². The number of aliphatic hydroxyl groups excluding tert-OH is 1. The van der Waals surface area contributed by atoms with Crippen LogP contribution in [0.1, 0.15) is 17.5 Å². The van der Waals surface area contributed by atoms with Crippen molar-refractivity contribution in [2.45, 2.75) is 12.8 Å². The zero-order chi connectivity index (χ0) is 18.4. The molecule has 1 aliphatic carbocycles. The first-order valence-electron chi connectivity index (χ1n) is 8.14. The van der Waals surface area contributed by atoms with Crippen LogP contribution in [0.25, 0.3) is 16.0 Å². The summed E-state index contributed by atoms with van der Waals surface area (Å²) in [5.41, 5.74) is 5.39. The van der Waals surface area contributed by atoms with Crippen molar-refractivity contribution in [3.8, 4) is 15.6 Å². The molecule has 1 N–H and O–H groups in total. The van der Waals surface area contributed by atoms with Gasteiger partial charge in [-0.25, -0.2) is 4.98 Å². The van der Waals surface area contributed by atoms with E-state index < -0.39 is 6.61 Å². The Morgan fingerprint density at radius 1 is 1.46 bits per heavy atom. The molecule has 4 rings (SSSR count). The molecule has 0 spiro atoms. The molecule has 1 amide bonds. The number of methoxy groups -OCH3 is 1. The number of amides is 1. The van der Waals surface area contributed by atoms with E-state index in [0.29, 0.717) is 28.3 Å². The summed E-state index contributed by atoms with van der Waals surface area (Å²) in [7, 11) is 1.59. The second-order valence-corrected chi connectivity index (χ2v) is 8.03. The molecule has 1 aromatic carbocycles. The number of hydrogen-bond acceptors (Lipinski definition) is 5.